The number of carbonyl (C=O) groups is 1. The molecule has 1 aromatic rings. The summed E-state index contributed by atoms with van der Waals surface area (Å²) >= 11 is 6.69. The SMILES string of the molecule is Cc1ccccc1CSCC(=O)NNC(=S)NCC1CCCO1. The molecule has 0 saturated carbocycles. The molecule has 0 radical (unpaired) electrons. The summed E-state index contributed by atoms with van der Waals surface area (Å²) in [5.41, 5.74) is 7.83. The van der Waals surface area contributed by atoms with Gasteiger partial charge in [0.25, 0.3) is 0 Å². The van der Waals surface area contributed by atoms with E-state index < -0.39 is 0 Å². The van der Waals surface area contributed by atoms with Gasteiger partial charge < -0.3 is 10.1 Å². The summed E-state index contributed by atoms with van der Waals surface area (Å²) in [4.78, 5) is 11.8. The lowest BCUT2D eigenvalue weighted by Crippen LogP contribution is -2.48. The first-order valence-electron chi connectivity index (χ1n) is 7.71. The van der Waals surface area contributed by atoms with Crippen molar-refractivity contribution in [2.45, 2.75) is 31.6 Å². The highest BCUT2D eigenvalue weighted by atomic mass is 32.2. The zero-order chi connectivity index (χ0) is 16.5. The normalized spacial score (nSPS) is 16.8. The van der Waals surface area contributed by atoms with E-state index in [0.29, 0.717) is 17.4 Å². The zero-order valence-electron chi connectivity index (χ0n) is 13.3. The number of ether oxygens (including phenoxy) is 1. The largest absolute Gasteiger partial charge is 0.376 e. The van der Waals surface area contributed by atoms with Gasteiger partial charge in [-0.1, -0.05) is 24.3 Å². The molecule has 7 heteroatoms. The molecule has 0 spiro atoms. The Kier molecular flexibility index (Phi) is 7.64. The molecule has 1 fully saturated rings. The molecule has 1 saturated heterocycles. The van der Waals surface area contributed by atoms with E-state index in [1.807, 2.05) is 12.1 Å². The number of hydrogen-bond donors (Lipinski definition) is 3. The molecule has 126 valence electrons. The van der Waals surface area contributed by atoms with E-state index >= 15 is 0 Å². The van der Waals surface area contributed by atoms with Crippen molar-refractivity contribution in [2.75, 3.05) is 18.9 Å². The van der Waals surface area contributed by atoms with Crippen molar-refractivity contribution in [2.24, 2.45) is 0 Å². The van der Waals surface area contributed by atoms with Crippen LogP contribution >= 0.6 is 24.0 Å². The molecule has 1 atom stereocenters. The molecule has 1 aliphatic rings. The number of hydrogen-bond acceptors (Lipinski definition) is 4. The Hall–Kier alpha value is -1.31. The second kappa shape index (κ2) is 9.75. The van der Waals surface area contributed by atoms with Gasteiger partial charge in [-0.05, 0) is 43.1 Å². The van der Waals surface area contributed by atoms with Crippen molar-refractivity contribution in [1.82, 2.24) is 16.2 Å². The molecule has 3 N–H and O–H groups in total. The van der Waals surface area contributed by atoms with E-state index in [1.54, 1.807) is 11.8 Å². The molecule has 0 aliphatic carbocycles. The maximum Gasteiger partial charge on any atom is 0.248 e. The molecule has 0 bridgehead atoms. The van der Waals surface area contributed by atoms with Gasteiger partial charge >= 0.3 is 0 Å². The fourth-order valence-electron chi connectivity index (χ4n) is 2.24. The minimum absolute atomic E-state index is 0.0927. The first-order valence-corrected chi connectivity index (χ1v) is 9.28. The highest BCUT2D eigenvalue weighted by molar-refractivity contribution is 7.99. The molecule has 5 nitrogen and oxygen atoms in total. The number of aryl methyl sites for hydroxylation is 1. The van der Waals surface area contributed by atoms with Crippen LogP contribution in [0.25, 0.3) is 0 Å². The maximum absolute atomic E-state index is 11.8. The van der Waals surface area contributed by atoms with Gasteiger partial charge in [0, 0.05) is 18.9 Å². The van der Waals surface area contributed by atoms with E-state index in [9.17, 15) is 4.79 Å². The average Bonchev–Trinajstić information content (AvgIpc) is 3.06. The predicted molar refractivity (Wildman–Crippen MR) is 98.2 cm³/mol. The third-order valence-electron chi connectivity index (χ3n) is 3.58. The topological polar surface area (TPSA) is 62.4 Å². The summed E-state index contributed by atoms with van der Waals surface area (Å²) in [6.07, 6.45) is 2.37. The van der Waals surface area contributed by atoms with Crippen LogP contribution in [0.3, 0.4) is 0 Å². The van der Waals surface area contributed by atoms with Crippen LogP contribution in [-0.2, 0) is 15.3 Å². The molecule has 1 aliphatic heterocycles. The van der Waals surface area contributed by atoms with Gasteiger partial charge in [-0.25, -0.2) is 0 Å². The first-order chi connectivity index (χ1) is 11.1. The van der Waals surface area contributed by atoms with Gasteiger partial charge in [0.05, 0.1) is 11.9 Å². The Balaban J connectivity index is 1.55. The van der Waals surface area contributed by atoms with Crippen molar-refractivity contribution in [3.63, 3.8) is 0 Å². The molecule has 1 unspecified atom stereocenters. The minimum atomic E-state index is -0.0927. The number of carbonyl (C=O) groups excluding carboxylic acids is 1. The predicted octanol–water partition coefficient (Wildman–Crippen LogP) is 1.90. The number of rotatable bonds is 6. The number of amides is 1. The van der Waals surface area contributed by atoms with Crippen LogP contribution in [0.5, 0.6) is 0 Å². The number of benzene rings is 1. The monoisotopic (exact) mass is 353 g/mol. The van der Waals surface area contributed by atoms with Crippen LogP contribution in [0.15, 0.2) is 24.3 Å². The van der Waals surface area contributed by atoms with Crippen molar-refractivity contribution < 1.29 is 9.53 Å². The number of hydrazine groups is 1. The lowest BCUT2D eigenvalue weighted by molar-refractivity contribution is -0.119. The van der Waals surface area contributed by atoms with Gasteiger partial charge in [-0.2, -0.15) is 0 Å². The van der Waals surface area contributed by atoms with E-state index in [2.05, 4.69) is 35.2 Å². The summed E-state index contributed by atoms with van der Waals surface area (Å²) in [6.45, 7) is 3.57. The van der Waals surface area contributed by atoms with Crippen LogP contribution in [0.1, 0.15) is 24.0 Å². The van der Waals surface area contributed by atoms with E-state index in [0.717, 1.165) is 25.2 Å². The number of thiocarbonyl (C=S) groups is 1. The zero-order valence-corrected chi connectivity index (χ0v) is 14.9. The van der Waals surface area contributed by atoms with Crippen molar-refractivity contribution in [1.29, 1.82) is 0 Å². The number of thioether (sulfide) groups is 1. The molecule has 2 rings (SSSR count). The quantitative estimate of drug-likeness (QED) is 0.536. The maximum atomic E-state index is 11.8. The van der Waals surface area contributed by atoms with Crippen LogP contribution in [0, 0.1) is 6.92 Å². The lowest BCUT2D eigenvalue weighted by atomic mass is 10.1. The lowest BCUT2D eigenvalue weighted by Gasteiger charge is -2.14. The Labute approximate surface area is 146 Å². The summed E-state index contributed by atoms with van der Waals surface area (Å²) in [7, 11) is 0. The Morgan fingerprint density at radius 2 is 2.22 bits per heavy atom. The average molecular weight is 354 g/mol. The fraction of sp³-hybridized carbons (Fsp3) is 0.500. The van der Waals surface area contributed by atoms with Gasteiger partial charge in [-0.15, -0.1) is 11.8 Å². The Morgan fingerprint density at radius 3 is 2.96 bits per heavy atom. The molecule has 23 heavy (non-hydrogen) atoms. The molecular formula is C16H23N3O2S2. The molecule has 1 heterocycles. The van der Waals surface area contributed by atoms with Crippen LogP contribution in [-0.4, -0.2) is 36.0 Å². The third-order valence-corrected chi connectivity index (χ3v) is 4.81. The second-order valence-electron chi connectivity index (χ2n) is 5.44. The summed E-state index contributed by atoms with van der Waals surface area (Å²) in [5, 5.41) is 3.46. The number of nitrogens with one attached hydrogen (secondary N) is 3. The molecule has 1 aromatic carbocycles. The van der Waals surface area contributed by atoms with E-state index in [4.69, 9.17) is 17.0 Å². The molecule has 1 amide bonds. The summed E-state index contributed by atoms with van der Waals surface area (Å²) in [6, 6.07) is 8.20. The van der Waals surface area contributed by atoms with Crippen molar-refractivity contribution in [3.8, 4) is 0 Å². The standard InChI is InChI=1S/C16H23N3O2S2/c1-12-5-2-3-6-13(12)10-23-11-15(20)18-19-16(22)17-9-14-7-4-8-21-14/h2-3,5-6,14H,4,7-11H2,1H3,(H,18,20)(H2,17,19,22). The van der Waals surface area contributed by atoms with Crippen LogP contribution in [0.2, 0.25) is 0 Å². The summed E-state index contributed by atoms with van der Waals surface area (Å²) in [5.74, 6) is 1.11. The van der Waals surface area contributed by atoms with E-state index in [1.165, 1.54) is 11.1 Å². The van der Waals surface area contributed by atoms with Crippen LogP contribution < -0.4 is 16.2 Å². The van der Waals surface area contributed by atoms with Crippen molar-refractivity contribution in [3.05, 3.63) is 35.4 Å². The highest BCUT2D eigenvalue weighted by Crippen LogP contribution is 2.15. The third kappa shape index (κ3) is 6.76. The fourth-order valence-corrected chi connectivity index (χ4v) is 3.28. The van der Waals surface area contributed by atoms with Gasteiger partial charge in [0.1, 0.15) is 0 Å². The Morgan fingerprint density at radius 1 is 1.39 bits per heavy atom. The second-order valence-corrected chi connectivity index (χ2v) is 6.83. The summed E-state index contributed by atoms with van der Waals surface area (Å²) < 4.78 is 5.49. The minimum Gasteiger partial charge on any atom is -0.376 e. The van der Waals surface area contributed by atoms with Gasteiger partial charge in [-0.3, -0.25) is 15.6 Å². The first kappa shape index (κ1) is 18.0. The van der Waals surface area contributed by atoms with E-state index in [-0.39, 0.29) is 12.0 Å². The van der Waals surface area contributed by atoms with Crippen LogP contribution in [0.4, 0.5) is 0 Å². The van der Waals surface area contributed by atoms with Gasteiger partial charge in [0.15, 0.2) is 5.11 Å². The molecule has 0 aromatic heterocycles. The van der Waals surface area contributed by atoms with Gasteiger partial charge in [0.2, 0.25) is 5.91 Å². The molecular weight excluding hydrogens is 330 g/mol. The highest BCUT2D eigenvalue weighted by Gasteiger charge is 2.15. The smallest absolute Gasteiger partial charge is 0.248 e. The van der Waals surface area contributed by atoms with Crippen molar-refractivity contribution >= 4 is 35.0 Å². The Bertz CT molecular complexity index is 534.